The van der Waals surface area contributed by atoms with Crippen LogP contribution < -0.4 is 4.74 Å². The van der Waals surface area contributed by atoms with E-state index >= 15 is 0 Å². The molecule has 1 N–H and O–H groups in total. The van der Waals surface area contributed by atoms with E-state index in [4.69, 9.17) is 14.2 Å². The van der Waals surface area contributed by atoms with E-state index in [-0.39, 0.29) is 16.9 Å². The maximum absolute atomic E-state index is 14.5. The van der Waals surface area contributed by atoms with Crippen LogP contribution in [0.15, 0.2) is 84.9 Å². The van der Waals surface area contributed by atoms with Crippen LogP contribution in [-0.2, 0) is 20.8 Å². The van der Waals surface area contributed by atoms with E-state index in [1.165, 1.54) is 6.42 Å². The summed E-state index contributed by atoms with van der Waals surface area (Å²) in [6.07, 6.45) is 2.27. The Morgan fingerprint density at radius 3 is 2.11 bits per heavy atom. The molecular formula is C39H51NO5. The van der Waals surface area contributed by atoms with Gasteiger partial charge in [0.2, 0.25) is 0 Å². The Hall–Kier alpha value is -3.19. The van der Waals surface area contributed by atoms with Crippen molar-refractivity contribution in [3.8, 4) is 5.75 Å². The topological polar surface area (TPSA) is 68.2 Å². The zero-order valence-electron chi connectivity index (χ0n) is 28.0. The van der Waals surface area contributed by atoms with Crippen molar-refractivity contribution < 1.29 is 24.1 Å². The lowest BCUT2D eigenvalue weighted by atomic mass is 9.67. The fraction of sp³-hybridized carbons (Fsp3) is 0.513. The van der Waals surface area contributed by atoms with Crippen LogP contribution in [0.3, 0.4) is 0 Å². The summed E-state index contributed by atoms with van der Waals surface area (Å²) < 4.78 is 17.8. The molecule has 0 radical (unpaired) electrons. The van der Waals surface area contributed by atoms with Gasteiger partial charge in [-0.1, -0.05) is 86.6 Å². The molecule has 0 heterocycles. The van der Waals surface area contributed by atoms with Gasteiger partial charge in [0.1, 0.15) is 17.3 Å². The molecule has 6 nitrogen and oxygen atoms in total. The number of benzene rings is 3. The molecule has 6 heteroatoms. The van der Waals surface area contributed by atoms with E-state index in [0.717, 1.165) is 30.5 Å². The number of hydrogen-bond acceptors (Lipinski definition) is 6. The monoisotopic (exact) mass is 613 g/mol. The van der Waals surface area contributed by atoms with Crippen molar-refractivity contribution in [2.24, 2.45) is 22.7 Å². The van der Waals surface area contributed by atoms with Gasteiger partial charge in [-0.25, -0.2) is 0 Å². The third-order valence-corrected chi connectivity index (χ3v) is 10.7. The SMILES string of the molecule is COc1ccc([C@H](O)[C@@H](C(=O)OC(C)(C)C)[C@@H](c2ccccc2)N(Cc2ccccc2)CC23CCC(CC2OC)C3(C)C)cc1. The number of nitrogens with zero attached hydrogens (tertiary/aromatic N) is 1. The van der Waals surface area contributed by atoms with Gasteiger partial charge in [0, 0.05) is 25.6 Å². The summed E-state index contributed by atoms with van der Waals surface area (Å²) in [5, 5.41) is 12.3. The summed E-state index contributed by atoms with van der Waals surface area (Å²) >= 11 is 0. The quantitative estimate of drug-likeness (QED) is 0.211. The number of aliphatic hydroxyl groups excluding tert-OH is 1. The second kappa shape index (κ2) is 13.3. The van der Waals surface area contributed by atoms with Gasteiger partial charge >= 0.3 is 5.97 Å². The number of ether oxygens (including phenoxy) is 3. The first-order chi connectivity index (χ1) is 21.4. The maximum Gasteiger partial charge on any atom is 0.314 e. The minimum absolute atomic E-state index is 0.0554. The number of carbonyl (C=O) groups is 1. The molecule has 0 spiro atoms. The number of aliphatic hydroxyl groups is 1. The Balaban J connectivity index is 1.68. The lowest BCUT2D eigenvalue weighted by molar-refractivity contribution is -0.170. The molecule has 2 bridgehead atoms. The van der Waals surface area contributed by atoms with Crippen LogP contribution in [0.2, 0.25) is 0 Å². The summed E-state index contributed by atoms with van der Waals surface area (Å²) in [6, 6.07) is 27.4. The van der Waals surface area contributed by atoms with Crippen LogP contribution in [0, 0.1) is 22.7 Å². The Morgan fingerprint density at radius 1 is 0.933 bits per heavy atom. The highest BCUT2D eigenvalue weighted by Gasteiger charge is 2.65. The first kappa shape index (κ1) is 33.2. The molecule has 5 rings (SSSR count). The normalized spacial score (nSPS) is 24.3. The van der Waals surface area contributed by atoms with Crippen molar-refractivity contribution in [2.75, 3.05) is 20.8 Å². The van der Waals surface area contributed by atoms with E-state index < -0.39 is 29.6 Å². The van der Waals surface area contributed by atoms with Crippen molar-refractivity contribution in [3.63, 3.8) is 0 Å². The number of hydrogen-bond donors (Lipinski definition) is 1. The van der Waals surface area contributed by atoms with E-state index in [0.29, 0.717) is 23.8 Å². The lowest BCUT2D eigenvalue weighted by Crippen LogP contribution is -2.51. The molecule has 0 aromatic heterocycles. The fourth-order valence-electron chi connectivity index (χ4n) is 8.24. The molecule has 2 aliphatic carbocycles. The highest BCUT2D eigenvalue weighted by Crippen LogP contribution is 2.67. The summed E-state index contributed by atoms with van der Waals surface area (Å²) in [5.74, 6) is -0.0619. The van der Waals surface area contributed by atoms with E-state index in [1.54, 1.807) is 7.11 Å². The molecule has 2 saturated carbocycles. The Labute approximate surface area is 269 Å². The summed E-state index contributed by atoms with van der Waals surface area (Å²) in [4.78, 5) is 16.9. The molecule has 3 unspecified atom stereocenters. The van der Waals surface area contributed by atoms with Crippen LogP contribution in [0.1, 0.15) is 82.7 Å². The average molecular weight is 614 g/mol. The molecule has 6 atom stereocenters. The Kier molecular flexibility index (Phi) is 9.79. The predicted octanol–water partition coefficient (Wildman–Crippen LogP) is 7.77. The zero-order chi connectivity index (χ0) is 32.4. The van der Waals surface area contributed by atoms with E-state index in [1.807, 2.05) is 76.4 Å². The van der Waals surface area contributed by atoms with Crippen molar-refractivity contribution in [1.82, 2.24) is 4.90 Å². The van der Waals surface area contributed by atoms with Gasteiger partial charge in [0.15, 0.2) is 0 Å². The van der Waals surface area contributed by atoms with Gasteiger partial charge in [-0.05, 0) is 80.2 Å². The molecule has 3 aromatic rings. The summed E-state index contributed by atoms with van der Waals surface area (Å²) in [7, 11) is 3.46. The lowest BCUT2D eigenvalue weighted by Gasteiger charge is -2.48. The van der Waals surface area contributed by atoms with Gasteiger partial charge in [-0.3, -0.25) is 9.69 Å². The Bertz CT molecular complexity index is 1400. The molecule has 2 aliphatic rings. The number of rotatable bonds is 12. The summed E-state index contributed by atoms with van der Waals surface area (Å²) in [5.41, 5.74) is 1.97. The number of carbonyl (C=O) groups excluding carboxylic acids is 1. The largest absolute Gasteiger partial charge is 0.497 e. The first-order valence-electron chi connectivity index (χ1n) is 16.3. The zero-order valence-corrected chi connectivity index (χ0v) is 28.0. The molecule has 3 aromatic carbocycles. The second-order valence-corrected chi connectivity index (χ2v) is 14.6. The second-order valence-electron chi connectivity index (χ2n) is 14.6. The number of esters is 1. The van der Waals surface area contributed by atoms with Crippen LogP contribution in [0.25, 0.3) is 0 Å². The number of fused-ring (bicyclic) bond motifs is 2. The smallest absolute Gasteiger partial charge is 0.314 e. The summed E-state index contributed by atoms with van der Waals surface area (Å²) in [6.45, 7) is 11.8. The van der Waals surface area contributed by atoms with E-state index in [9.17, 15) is 9.90 Å². The van der Waals surface area contributed by atoms with Crippen LogP contribution in [0.5, 0.6) is 5.75 Å². The molecule has 242 valence electrons. The van der Waals surface area contributed by atoms with Gasteiger partial charge in [-0.15, -0.1) is 0 Å². The molecule has 2 fully saturated rings. The van der Waals surface area contributed by atoms with Gasteiger partial charge in [0.25, 0.3) is 0 Å². The number of methoxy groups -OCH3 is 2. The highest BCUT2D eigenvalue weighted by molar-refractivity contribution is 5.75. The van der Waals surface area contributed by atoms with Crippen molar-refractivity contribution in [1.29, 1.82) is 0 Å². The van der Waals surface area contributed by atoms with Gasteiger partial charge in [-0.2, -0.15) is 0 Å². The molecule has 0 saturated heterocycles. The molecular weight excluding hydrogens is 562 g/mol. The minimum Gasteiger partial charge on any atom is -0.497 e. The first-order valence-corrected chi connectivity index (χ1v) is 16.3. The van der Waals surface area contributed by atoms with Crippen LogP contribution in [-0.4, -0.2) is 48.4 Å². The highest BCUT2D eigenvalue weighted by atomic mass is 16.6. The van der Waals surface area contributed by atoms with Gasteiger partial charge < -0.3 is 19.3 Å². The molecule has 0 aliphatic heterocycles. The van der Waals surface area contributed by atoms with Crippen molar-refractivity contribution >= 4 is 5.97 Å². The standard InChI is InChI=1S/C39H51NO5/c1-37(2,3)45-36(42)33(35(41)29-18-20-31(43-6)21-19-29)34(28-16-12-9-13-17-28)40(25-27-14-10-8-11-15-27)26-39-23-22-30(38(39,4)5)24-32(39)44-7/h8-21,30,32-35,41H,22-26H2,1-7H3/t30?,32?,33-,34+,35-,39?/m0/s1. The van der Waals surface area contributed by atoms with Gasteiger partial charge in [0.05, 0.1) is 25.4 Å². The minimum atomic E-state index is -1.13. The van der Waals surface area contributed by atoms with E-state index in [2.05, 4.69) is 55.1 Å². The van der Waals surface area contributed by atoms with Crippen molar-refractivity contribution in [2.45, 2.75) is 84.3 Å². The Morgan fingerprint density at radius 2 is 1.56 bits per heavy atom. The molecule has 0 amide bonds. The van der Waals surface area contributed by atoms with Crippen molar-refractivity contribution in [3.05, 3.63) is 102 Å². The fourth-order valence-corrected chi connectivity index (χ4v) is 8.24. The predicted molar refractivity (Wildman–Crippen MR) is 178 cm³/mol. The third-order valence-electron chi connectivity index (χ3n) is 10.7. The average Bonchev–Trinajstić information content (AvgIpc) is 3.39. The van der Waals surface area contributed by atoms with Crippen LogP contribution >= 0.6 is 0 Å². The molecule has 45 heavy (non-hydrogen) atoms. The third kappa shape index (κ3) is 6.70. The maximum atomic E-state index is 14.5. The van der Waals surface area contributed by atoms with Crippen LogP contribution in [0.4, 0.5) is 0 Å².